The van der Waals surface area contributed by atoms with Crippen molar-refractivity contribution in [2.24, 2.45) is 7.05 Å². The Morgan fingerprint density at radius 2 is 1.86 bits per heavy atom. The third kappa shape index (κ3) is 5.53. The van der Waals surface area contributed by atoms with Gasteiger partial charge < -0.3 is 9.67 Å². The van der Waals surface area contributed by atoms with Crippen LogP contribution in [0, 0.1) is 11.8 Å². The number of hydrogen-bond acceptors (Lipinski definition) is 5. The molecule has 4 rings (SSSR count). The minimum atomic E-state index is -0.463. The number of hydrogen-bond donors (Lipinski definition) is 2. The maximum Gasteiger partial charge on any atom is 0.332 e. The van der Waals surface area contributed by atoms with Crippen LogP contribution >= 0.6 is 11.6 Å². The maximum absolute atomic E-state index is 13.4. The van der Waals surface area contributed by atoms with Gasteiger partial charge in [-0.15, -0.1) is 0 Å². The molecule has 0 unspecified atom stereocenters. The van der Waals surface area contributed by atoms with Crippen LogP contribution in [0.2, 0.25) is 5.02 Å². The summed E-state index contributed by atoms with van der Waals surface area (Å²) in [6.07, 6.45) is 5.06. The Morgan fingerprint density at radius 3 is 2.51 bits per heavy atom. The van der Waals surface area contributed by atoms with Gasteiger partial charge in [0.2, 0.25) is 0 Å². The van der Waals surface area contributed by atoms with Gasteiger partial charge in [-0.2, -0.15) is 0 Å². The van der Waals surface area contributed by atoms with E-state index in [1.165, 1.54) is 17.4 Å². The highest BCUT2D eigenvalue weighted by Gasteiger charge is 2.24. The van der Waals surface area contributed by atoms with Gasteiger partial charge in [0.1, 0.15) is 0 Å². The van der Waals surface area contributed by atoms with Gasteiger partial charge in [-0.05, 0) is 56.7 Å². The molecule has 0 atom stereocenters. The predicted octanol–water partition coefficient (Wildman–Crippen LogP) is 2.64. The number of aryl methyl sites for hydroxylation is 1. The number of halogens is 1. The second-order valence-electron chi connectivity index (χ2n) is 9.70. The van der Waals surface area contributed by atoms with Crippen LogP contribution < -0.4 is 16.6 Å². The molecule has 3 aromatic rings. The van der Waals surface area contributed by atoms with Crippen molar-refractivity contribution in [3.05, 3.63) is 61.5 Å². The van der Waals surface area contributed by atoms with Crippen molar-refractivity contribution in [1.82, 2.24) is 24.0 Å². The van der Waals surface area contributed by atoms with Gasteiger partial charge in [0.15, 0.2) is 17.0 Å². The molecular weight excluding hydrogens is 466 g/mol. The van der Waals surface area contributed by atoms with Crippen molar-refractivity contribution in [3.8, 4) is 11.8 Å². The Hall–Kier alpha value is -2.86. The Balaban J connectivity index is 1.85. The van der Waals surface area contributed by atoms with Crippen molar-refractivity contribution in [1.29, 1.82) is 0 Å². The highest BCUT2D eigenvalue weighted by Crippen LogP contribution is 2.21. The monoisotopic (exact) mass is 497 g/mol. The topological polar surface area (TPSA) is 94.1 Å². The zero-order valence-corrected chi connectivity index (χ0v) is 21.2. The molecule has 0 aliphatic heterocycles. The van der Waals surface area contributed by atoms with Crippen LogP contribution in [0.3, 0.4) is 0 Å². The van der Waals surface area contributed by atoms with E-state index in [1.54, 1.807) is 23.7 Å². The molecule has 2 heterocycles. The van der Waals surface area contributed by atoms with Gasteiger partial charge in [-0.1, -0.05) is 42.5 Å². The summed E-state index contributed by atoms with van der Waals surface area (Å²) in [6.45, 7) is 4.45. The lowest BCUT2D eigenvalue weighted by Gasteiger charge is -2.24. The summed E-state index contributed by atoms with van der Waals surface area (Å²) < 4.78 is 4.30. The van der Waals surface area contributed by atoms with Crippen molar-refractivity contribution in [2.45, 2.75) is 70.6 Å². The number of imidazole rings is 1. The zero-order valence-electron chi connectivity index (χ0n) is 20.5. The van der Waals surface area contributed by atoms with Gasteiger partial charge in [0.05, 0.1) is 12.1 Å². The minimum absolute atomic E-state index is 0.114. The number of nitrogens with zero attached hydrogens (tertiary/aromatic N) is 4. The first-order valence-corrected chi connectivity index (χ1v) is 12.4. The molecule has 0 bridgehead atoms. The molecule has 0 radical (unpaired) electrons. The molecule has 2 N–H and O–H groups in total. The minimum Gasteiger partial charge on any atom is -0.396 e. The maximum atomic E-state index is 13.4. The largest absolute Gasteiger partial charge is 0.396 e. The fourth-order valence-corrected chi connectivity index (χ4v) is 4.77. The lowest BCUT2D eigenvalue weighted by atomic mass is 10.0. The molecule has 2 aromatic heterocycles. The van der Waals surface area contributed by atoms with Crippen LogP contribution in [0.5, 0.6) is 0 Å². The number of aliphatic hydroxyl groups excluding tert-OH is 1. The molecule has 9 heteroatoms. The van der Waals surface area contributed by atoms with Gasteiger partial charge in [-0.25, -0.2) is 9.78 Å². The molecule has 0 spiro atoms. The van der Waals surface area contributed by atoms with Gasteiger partial charge in [-0.3, -0.25) is 19.2 Å². The normalized spacial score (nSPS) is 14.4. The second kappa shape index (κ2) is 10.4. The summed E-state index contributed by atoms with van der Waals surface area (Å²) in [6, 6.07) is 7.83. The van der Waals surface area contributed by atoms with Crippen molar-refractivity contribution >= 4 is 22.8 Å². The molecule has 1 saturated carbocycles. The molecule has 1 aromatic carbocycles. The molecule has 8 nitrogen and oxygen atoms in total. The number of rotatable bonds is 7. The molecule has 0 saturated heterocycles. The third-order valence-corrected chi connectivity index (χ3v) is 6.69. The molecular formula is C26H32ClN5O3. The first-order chi connectivity index (χ1) is 16.7. The van der Waals surface area contributed by atoms with Gasteiger partial charge >= 0.3 is 5.69 Å². The summed E-state index contributed by atoms with van der Waals surface area (Å²) in [5.74, 6) is 6.92. The predicted molar refractivity (Wildman–Crippen MR) is 138 cm³/mol. The quantitative estimate of drug-likeness (QED) is 0.489. The van der Waals surface area contributed by atoms with Crippen LogP contribution in [0.15, 0.2) is 33.9 Å². The summed E-state index contributed by atoms with van der Waals surface area (Å²) in [5.41, 5.74) is 0.191. The van der Waals surface area contributed by atoms with E-state index in [-0.39, 0.29) is 13.2 Å². The second-order valence-corrected chi connectivity index (χ2v) is 10.1. The van der Waals surface area contributed by atoms with Crippen LogP contribution in [-0.2, 0) is 20.1 Å². The molecule has 0 amide bonds. The highest BCUT2D eigenvalue weighted by atomic mass is 35.5. The molecule has 1 aliphatic carbocycles. The Kier molecular flexibility index (Phi) is 7.50. The lowest BCUT2D eigenvalue weighted by Crippen LogP contribution is -2.43. The fourth-order valence-electron chi connectivity index (χ4n) is 4.65. The first-order valence-electron chi connectivity index (χ1n) is 12.1. The SMILES string of the molecule is Cn1c(=O)n(CCCO)c(=O)c2c1nc(C#CC(C)(C)NC1CCCC1)n2Cc1ccc(Cl)cc1. The molecule has 186 valence electrons. The third-order valence-electron chi connectivity index (χ3n) is 6.43. The summed E-state index contributed by atoms with van der Waals surface area (Å²) in [5, 5.41) is 13.5. The van der Waals surface area contributed by atoms with E-state index < -0.39 is 16.8 Å². The Bertz CT molecular complexity index is 1380. The van der Waals surface area contributed by atoms with Crippen molar-refractivity contribution in [2.75, 3.05) is 6.61 Å². The number of aromatic nitrogens is 4. The van der Waals surface area contributed by atoms with Crippen LogP contribution in [0.1, 0.15) is 57.3 Å². The van der Waals surface area contributed by atoms with Crippen molar-refractivity contribution < 1.29 is 5.11 Å². The van der Waals surface area contributed by atoms with Crippen LogP contribution in [-0.4, -0.2) is 42.0 Å². The zero-order chi connectivity index (χ0) is 25.2. The smallest absolute Gasteiger partial charge is 0.332 e. The van der Waals surface area contributed by atoms with Crippen LogP contribution in [0.4, 0.5) is 0 Å². The number of benzene rings is 1. The Morgan fingerprint density at radius 1 is 1.17 bits per heavy atom. The summed E-state index contributed by atoms with van der Waals surface area (Å²) >= 11 is 6.06. The van der Waals surface area contributed by atoms with E-state index in [0.717, 1.165) is 23.0 Å². The van der Waals surface area contributed by atoms with Crippen LogP contribution in [0.25, 0.3) is 11.2 Å². The lowest BCUT2D eigenvalue weighted by molar-refractivity contribution is 0.277. The molecule has 1 aliphatic rings. The molecule has 1 fully saturated rings. The number of fused-ring (bicyclic) bond motifs is 1. The average Bonchev–Trinajstić information content (AvgIpc) is 3.45. The Labute approximate surface area is 209 Å². The summed E-state index contributed by atoms with van der Waals surface area (Å²) in [7, 11) is 1.60. The summed E-state index contributed by atoms with van der Waals surface area (Å²) in [4.78, 5) is 31.0. The fraction of sp³-hybridized carbons (Fsp3) is 0.500. The van der Waals surface area contributed by atoms with Gasteiger partial charge in [0.25, 0.3) is 5.56 Å². The van der Waals surface area contributed by atoms with E-state index in [1.807, 2.05) is 26.0 Å². The number of nitrogens with one attached hydrogen (secondary N) is 1. The van der Waals surface area contributed by atoms with Gasteiger partial charge in [0, 0.05) is 31.3 Å². The number of aliphatic hydroxyl groups is 1. The average molecular weight is 498 g/mol. The van der Waals surface area contributed by atoms with Crippen molar-refractivity contribution in [3.63, 3.8) is 0 Å². The molecule has 35 heavy (non-hydrogen) atoms. The van der Waals surface area contributed by atoms with E-state index in [0.29, 0.717) is 41.0 Å². The van der Waals surface area contributed by atoms with E-state index in [2.05, 4.69) is 22.1 Å². The van der Waals surface area contributed by atoms with E-state index in [4.69, 9.17) is 11.6 Å². The first kappa shape index (κ1) is 25.2. The highest BCUT2D eigenvalue weighted by molar-refractivity contribution is 6.30. The standard InChI is InChI=1S/C26H32ClN5O3/c1-26(2,29-20-7-4-5-8-20)14-13-21-28-23-22(32(21)17-18-9-11-19(27)12-10-18)24(34)31(15-6-16-33)25(35)30(23)3/h9-12,20,29,33H,4-8,15-17H2,1-3H3. The van der Waals surface area contributed by atoms with E-state index >= 15 is 0 Å². The van der Waals surface area contributed by atoms with E-state index in [9.17, 15) is 14.7 Å².